The molecule has 0 spiro atoms. The Hall–Kier alpha value is -3.03. The van der Waals surface area contributed by atoms with E-state index in [2.05, 4.69) is 34.5 Å². The van der Waals surface area contributed by atoms with Gasteiger partial charge in [0.05, 0.1) is 17.8 Å². The van der Waals surface area contributed by atoms with Crippen molar-refractivity contribution in [2.75, 3.05) is 7.05 Å². The van der Waals surface area contributed by atoms with E-state index in [1.165, 1.54) is 6.33 Å². The van der Waals surface area contributed by atoms with Crippen LogP contribution in [0.3, 0.4) is 0 Å². The second-order valence-corrected chi connectivity index (χ2v) is 6.31. The van der Waals surface area contributed by atoms with E-state index < -0.39 is 0 Å². The predicted octanol–water partition coefficient (Wildman–Crippen LogP) is 1.70. The quantitative estimate of drug-likeness (QED) is 0.674. The standard InChI is InChI=1S/C18H23N7O/c1-5-24-14(3)17(13(2)20-24)11-23(4)18(26)10-15-6-8-16(9-7-15)25-12-19-21-22-25/h6-9,12H,5,10-11H2,1-4H3. The van der Waals surface area contributed by atoms with Crippen LogP contribution in [0.25, 0.3) is 5.69 Å². The van der Waals surface area contributed by atoms with Crippen LogP contribution in [0.4, 0.5) is 0 Å². The van der Waals surface area contributed by atoms with Gasteiger partial charge in [0.25, 0.3) is 0 Å². The van der Waals surface area contributed by atoms with Crippen LogP contribution in [0, 0.1) is 13.8 Å². The number of amides is 1. The number of tetrazole rings is 1. The maximum absolute atomic E-state index is 12.6. The molecule has 0 aliphatic heterocycles. The molecule has 2 heterocycles. The summed E-state index contributed by atoms with van der Waals surface area (Å²) in [5.74, 6) is 0.0724. The van der Waals surface area contributed by atoms with Crippen molar-refractivity contribution in [2.45, 2.75) is 40.3 Å². The Labute approximate surface area is 152 Å². The van der Waals surface area contributed by atoms with Crippen molar-refractivity contribution in [3.05, 3.63) is 53.1 Å². The lowest BCUT2D eigenvalue weighted by molar-refractivity contribution is -0.129. The molecule has 0 atom stereocenters. The monoisotopic (exact) mass is 353 g/mol. The molecule has 0 N–H and O–H groups in total. The molecule has 8 heteroatoms. The van der Waals surface area contributed by atoms with E-state index in [0.29, 0.717) is 13.0 Å². The van der Waals surface area contributed by atoms with Crippen molar-refractivity contribution >= 4 is 5.91 Å². The molecule has 0 saturated carbocycles. The third kappa shape index (κ3) is 3.63. The molecule has 0 unspecified atom stereocenters. The molecule has 26 heavy (non-hydrogen) atoms. The first-order chi connectivity index (χ1) is 12.5. The van der Waals surface area contributed by atoms with Crippen molar-refractivity contribution < 1.29 is 4.79 Å². The molecule has 0 fully saturated rings. The summed E-state index contributed by atoms with van der Waals surface area (Å²) in [5.41, 5.74) is 5.04. The summed E-state index contributed by atoms with van der Waals surface area (Å²) in [5, 5.41) is 15.6. The minimum Gasteiger partial charge on any atom is -0.341 e. The first kappa shape index (κ1) is 17.8. The van der Waals surface area contributed by atoms with Crippen molar-refractivity contribution in [1.82, 2.24) is 34.9 Å². The van der Waals surface area contributed by atoms with E-state index in [4.69, 9.17) is 0 Å². The number of likely N-dealkylation sites (N-methyl/N-ethyl adjacent to an activating group) is 1. The van der Waals surface area contributed by atoms with Gasteiger partial charge >= 0.3 is 0 Å². The molecule has 0 aliphatic rings. The van der Waals surface area contributed by atoms with Gasteiger partial charge in [0.15, 0.2) is 0 Å². The Morgan fingerprint density at radius 3 is 2.50 bits per heavy atom. The molecular weight excluding hydrogens is 330 g/mol. The lowest BCUT2D eigenvalue weighted by atomic mass is 10.1. The molecule has 0 radical (unpaired) electrons. The van der Waals surface area contributed by atoms with Crippen molar-refractivity contribution in [3.63, 3.8) is 0 Å². The smallest absolute Gasteiger partial charge is 0.227 e. The number of nitrogens with zero attached hydrogens (tertiary/aromatic N) is 7. The predicted molar refractivity (Wildman–Crippen MR) is 96.7 cm³/mol. The number of rotatable bonds is 6. The number of benzene rings is 1. The number of aromatic nitrogens is 6. The first-order valence-electron chi connectivity index (χ1n) is 8.58. The van der Waals surface area contributed by atoms with E-state index in [0.717, 1.165) is 34.7 Å². The van der Waals surface area contributed by atoms with Crippen molar-refractivity contribution in [2.24, 2.45) is 0 Å². The van der Waals surface area contributed by atoms with E-state index in [9.17, 15) is 4.79 Å². The van der Waals surface area contributed by atoms with Gasteiger partial charge < -0.3 is 4.90 Å². The highest BCUT2D eigenvalue weighted by atomic mass is 16.2. The zero-order valence-electron chi connectivity index (χ0n) is 15.5. The van der Waals surface area contributed by atoms with Crippen LogP contribution in [0.2, 0.25) is 0 Å². The Balaban J connectivity index is 1.65. The van der Waals surface area contributed by atoms with E-state index >= 15 is 0 Å². The van der Waals surface area contributed by atoms with Crippen LogP contribution in [0.1, 0.15) is 29.4 Å². The zero-order valence-corrected chi connectivity index (χ0v) is 15.5. The molecular formula is C18H23N7O. The Bertz CT molecular complexity index is 881. The van der Waals surface area contributed by atoms with E-state index in [1.54, 1.807) is 9.58 Å². The fourth-order valence-corrected chi connectivity index (χ4v) is 2.95. The first-order valence-corrected chi connectivity index (χ1v) is 8.58. The van der Waals surface area contributed by atoms with Gasteiger partial charge in [0.2, 0.25) is 5.91 Å². The van der Waals surface area contributed by atoms with Crippen LogP contribution in [-0.4, -0.2) is 47.8 Å². The second-order valence-electron chi connectivity index (χ2n) is 6.31. The van der Waals surface area contributed by atoms with Crippen LogP contribution in [-0.2, 0) is 24.3 Å². The van der Waals surface area contributed by atoms with Gasteiger partial charge in [-0.3, -0.25) is 9.48 Å². The highest BCUT2D eigenvalue weighted by Crippen LogP contribution is 2.16. The average molecular weight is 353 g/mol. The summed E-state index contributed by atoms with van der Waals surface area (Å²) < 4.78 is 3.55. The highest BCUT2D eigenvalue weighted by molar-refractivity contribution is 5.78. The molecule has 3 aromatic rings. The fraction of sp³-hybridized carbons (Fsp3) is 0.389. The summed E-state index contributed by atoms with van der Waals surface area (Å²) in [6.07, 6.45) is 1.89. The van der Waals surface area contributed by atoms with Crippen LogP contribution in [0.5, 0.6) is 0 Å². The minimum atomic E-state index is 0.0724. The highest BCUT2D eigenvalue weighted by Gasteiger charge is 2.16. The summed E-state index contributed by atoms with van der Waals surface area (Å²) in [7, 11) is 1.83. The molecule has 0 bridgehead atoms. The van der Waals surface area contributed by atoms with Crippen molar-refractivity contribution in [3.8, 4) is 5.69 Å². The van der Waals surface area contributed by atoms with Gasteiger partial charge in [-0.1, -0.05) is 12.1 Å². The largest absolute Gasteiger partial charge is 0.341 e. The Morgan fingerprint density at radius 1 is 1.19 bits per heavy atom. The van der Waals surface area contributed by atoms with Gasteiger partial charge in [-0.15, -0.1) is 5.10 Å². The minimum absolute atomic E-state index is 0.0724. The van der Waals surface area contributed by atoms with Crippen LogP contribution in [0.15, 0.2) is 30.6 Å². The Morgan fingerprint density at radius 2 is 1.92 bits per heavy atom. The zero-order chi connectivity index (χ0) is 18.7. The van der Waals surface area contributed by atoms with Gasteiger partial charge in [-0.2, -0.15) is 5.10 Å². The fourth-order valence-electron chi connectivity index (χ4n) is 2.95. The number of hydrogen-bond donors (Lipinski definition) is 0. The number of carbonyl (C=O) groups excluding carboxylic acids is 1. The topological polar surface area (TPSA) is 81.7 Å². The molecule has 2 aromatic heterocycles. The molecule has 8 nitrogen and oxygen atoms in total. The number of carbonyl (C=O) groups is 1. The van der Waals surface area contributed by atoms with Crippen LogP contribution < -0.4 is 0 Å². The summed E-state index contributed by atoms with van der Waals surface area (Å²) >= 11 is 0. The van der Waals surface area contributed by atoms with Crippen LogP contribution >= 0.6 is 0 Å². The number of aryl methyl sites for hydroxylation is 2. The van der Waals surface area contributed by atoms with Gasteiger partial charge in [-0.25, -0.2) is 4.68 Å². The van der Waals surface area contributed by atoms with Gasteiger partial charge in [-0.05, 0) is 48.9 Å². The average Bonchev–Trinajstić information content (AvgIpc) is 3.26. The summed E-state index contributed by atoms with van der Waals surface area (Å²) in [6.45, 7) is 7.51. The SMILES string of the molecule is CCn1nc(C)c(CN(C)C(=O)Cc2ccc(-n3cnnn3)cc2)c1C. The lowest BCUT2D eigenvalue weighted by Crippen LogP contribution is -2.28. The summed E-state index contributed by atoms with van der Waals surface area (Å²) in [6, 6.07) is 7.65. The third-order valence-electron chi connectivity index (χ3n) is 4.56. The van der Waals surface area contributed by atoms with Gasteiger partial charge in [0.1, 0.15) is 6.33 Å². The maximum Gasteiger partial charge on any atom is 0.227 e. The normalized spacial score (nSPS) is 10.9. The van der Waals surface area contributed by atoms with E-state index in [1.807, 2.05) is 42.9 Å². The van der Waals surface area contributed by atoms with Crippen molar-refractivity contribution in [1.29, 1.82) is 0 Å². The lowest BCUT2D eigenvalue weighted by Gasteiger charge is -2.18. The molecule has 3 rings (SSSR count). The maximum atomic E-state index is 12.6. The molecule has 0 aliphatic carbocycles. The molecule has 1 aromatic carbocycles. The van der Waals surface area contributed by atoms with Gasteiger partial charge in [0, 0.05) is 31.4 Å². The summed E-state index contributed by atoms with van der Waals surface area (Å²) in [4.78, 5) is 14.3. The van der Waals surface area contributed by atoms with E-state index in [-0.39, 0.29) is 5.91 Å². The molecule has 136 valence electrons. The Kier molecular flexibility index (Phi) is 5.11. The second kappa shape index (κ2) is 7.47. The third-order valence-corrected chi connectivity index (χ3v) is 4.56. The molecule has 0 saturated heterocycles. The molecule has 1 amide bonds. The number of hydrogen-bond acceptors (Lipinski definition) is 5.